The fraction of sp³-hybridized carbons (Fsp3) is 0.0909. The molecule has 6 nitrogen and oxygen atoms in total. The Morgan fingerprint density at radius 2 is 2.16 bits per heavy atom. The quantitative estimate of drug-likeness (QED) is 0.503. The van der Waals surface area contributed by atoms with Gasteiger partial charge in [0, 0.05) is 23.6 Å². The predicted octanol–water partition coefficient (Wildman–Crippen LogP) is 1.50. The van der Waals surface area contributed by atoms with Crippen LogP contribution in [0, 0.1) is 0 Å². The smallest absolute Gasteiger partial charge is 0.248 e. The van der Waals surface area contributed by atoms with Gasteiger partial charge in [-0.25, -0.2) is 9.97 Å². The second-order valence-electron chi connectivity index (χ2n) is 3.59. The molecule has 0 fully saturated rings. The van der Waals surface area contributed by atoms with Crippen molar-refractivity contribution in [1.29, 1.82) is 0 Å². The Balaban J connectivity index is 2.10. The SMILES string of the molecule is NC(=O)c1ccnc(CSc2nc(N)cc(Cl)n2)c1. The van der Waals surface area contributed by atoms with Gasteiger partial charge in [0.05, 0.1) is 5.69 Å². The summed E-state index contributed by atoms with van der Waals surface area (Å²) in [7, 11) is 0. The molecule has 98 valence electrons. The minimum atomic E-state index is -0.489. The first kappa shape index (κ1) is 13.6. The van der Waals surface area contributed by atoms with Crippen molar-refractivity contribution in [2.24, 2.45) is 5.73 Å². The highest BCUT2D eigenvalue weighted by atomic mass is 35.5. The molecule has 0 radical (unpaired) electrons. The second kappa shape index (κ2) is 5.85. The van der Waals surface area contributed by atoms with Gasteiger partial charge in [-0.1, -0.05) is 23.4 Å². The van der Waals surface area contributed by atoms with E-state index in [0.717, 1.165) is 0 Å². The van der Waals surface area contributed by atoms with Crippen LogP contribution >= 0.6 is 23.4 Å². The summed E-state index contributed by atoms with van der Waals surface area (Å²) >= 11 is 7.10. The number of aromatic nitrogens is 3. The van der Waals surface area contributed by atoms with E-state index in [4.69, 9.17) is 23.1 Å². The van der Waals surface area contributed by atoms with Gasteiger partial charge in [-0.05, 0) is 12.1 Å². The second-order valence-corrected chi connectivity index (χ2v) is 4.92. The lowest BCUT2D eigenvalue weighted by Crippen LogP contribution is -2.11. The Hall–Kier alpha value is -1.86. The normalized spacial score (nSPS) is 10.4. The van der Waals surface area contributed by atoms with Crippen molar-refractivity contribution in [2.75, 3.05) is 5.73 Å². The van der Waals surface area contributed by atoms with Crippen molar-refractivity contribution in [3.05, 3.63) is 40.8 Å². The summed E-state index contributed by atoms with van der Waals surface area (Å²) in [5, 5.41) is 0.741. The summed E-state index contributed by atoms with van der Waals surface area (Å²) in [5.41, 5.74) is 11.9. The van der Waals surface area contributed by atoms with E-state index in [0.29, 0.717) is 28.0 Å². The average molecular weight is 296 g/mol. The molecule has 0 aliphatic rings. The zero-order valence-corrected chi connectivity index (χ0v) is 11.3. The molecular formula is C11H10ClN5OS. The fourth-order valence-electron chi connectivity index (χ4n) is 1.33. The van der Waals surface area contributed by atoms with Crippen molar-refractivity contribution in [3.8, 4) is 0 Å². The number of amides is 1. The molecule has 0 unspecified atom stereocenters. The van der Waals surface area contributed by atoms with Gasteiger partial charge in [-0.15, -0.1) is 0 Å². The van der Waals surface area contributed by atoms with Crippen molar-refractivity contribution in [1.82, 2.24) is 15.0 Å². The lowest BCUT2D eigenvalue weighted by Gasteiger charge is -2.03. The molecule has 4 N–H and O–H groups in total. The van der Waals surface area contributed by atoms with E-state index in [1.54, 1.807) is 12.1 Å². The van der Waals surface area contributed by atoms with Crippen LogP contribution in [0.4, 0.5) is 5.82 Å². The molecule has 0 saturated carbocycles. The van der Waals surface area contributed by atoms with Crippen molar-refractivity contribution < 1.29 is 4.79 Å². The van der Waals surface area contributed by atoms with Crippen LogP contribution < -0.4 is 11.5 Å². The van der Waals surface area contributed by atoms with Gasteiger partial charge in [0.15, 0.2) is 5.16 Å². The van der Waals surface area contributed by atoms with Gasteiger partial charge in [-0.3, -0.25) is 9.78 Å². The fourth-order valence-corrected chi connectivity index (χ4v) is 2.34. The molecule has 0 saturated heterocycles. The minimum absolute atomic E-state index is 0.286. The summed E-state index contributed by atoms with van der Waals surface area (Å²) < 4.78 is 0. The molecule has 19 heavy (non-hydrogen) atoms. The standard InChI is InChI=1S/C11H10ClN5OS/c12-8-4-9(13)17-11(16-8)19-5-7-3-6(10(14)18)1-2-15-7/h1-4H,5H2,(H2,14,18)(H2,13,16,17). The van der Waals surface area contributed by atoms with Crippen LogP contribution in [0.2, 0.25) is 5.15 Å². The number of halogens is 1. The molecule has 0 bridgehead atoms. The van der Waals surface area contributed by atoms with Gasteiger partial charge in [0.1, 0.15) is 11.0 Å². The molecule has 0 atom stereocenters. The van der Waals surface area contributed by atoms with E-state index < -0.39 is 5.91 Å². The predicted molar refractivity (Wildman–Crippen MR) is 73.8 cm³/mol. The van der Waals surface area contributed by atoms with Crippen LogP contribution in [0.3, 0.4) is 0 Å². The van der Waals surface area contributed by atoms with E-state index in [1.165, 1.54) is 24.0 Å². The van der Waals surface area contributed by atoms with Crippen LogP contribution in [-0.2, 0) is 5.75 Å². The third-order valence-corrected chi connectivity index (χ3v) is 3.22. The molecule has 2 rings (SSSR count). The molecule has 2 heterocycles. The molecule has 2 aromatic heterocycles. The van der Waals surface area contributed by atoms with E-state index in [1.807, 2.05) is 0 Å². The lowest BCUT2D eigenvalue weighted by atomic mass is 10.2. The van der Waals surface area contributed by atoms with Crippen LogP contribution in [0.1, 0.15) is 16.1 Å². The number of carbonyl (C=O) groups is 1. The lowest BCUT2D eigenvalue weighted by molar-refractivity contribution is 0.1000. The van der Waals surface area contributed by atoms with Crippen LogP contribution in [0.5, 0.6) is 0 Å². The number of primary amides is 1. The Bertz CT molecular complexity index is 602. The van der Waals surface area contributed by atoms with Gasteiger partial charge in [0.2, 0.25) is 5.91 Å². The van der Waals surface area contributed by atoms with Gasteiger partial charge in [-0.2, -0.15) is 0 Å². The summed E-state index contributed by atoms with van der Waals surface area (Å²) in [5.74, 6) is 0.305. The number of thioether (sulfide) groups is 1. The van der Waals surface area contributed by atoms with Crippen LogP contribution in [-0.4, -0.2) is 20.9 Å². The number of carbonyl (C=O) groups excluding carboxylic acids is 1. The molecule has 8 heteroatoms. The molecule has 0 aromatic carbocycles. The number of pyridine rings is 1. The summed E-state index contributed by atoms with van der Waals surface area (Å²) in [6, 6.07) is 4.66. The Morgan fingerprint density at radius 3 is 2.84 bits per heavy atom. The highest BCUT2D eigenvalue weighted by Crippen LogP contribution is 2.21. The van der Waals surface area contributed by atoms with Crippen molar-refractivity contribution in [2.45, 2.75) is 10.9 Å². The first-order valence-corrected chi connectivity index (χ1v) is 6.58. The zero-order valence-electron chi connectivity index (χ0n) is 9.71. The zero-order chi connectivity index (χ0) is 13.8. The first-order valence-electron chi connectivity index (χ1n) is 5.22. The average Bonchev–Trinajstić information content (AvgIpc) is 2.35. The maximum absolute atomic E-state index is 11.0. The van der Waals surface area contributed by atoms with Crippen molar-refractivity contribution in [3.63, 3.8) is 0 Å². The van der Waals surface area contributed by atoms with Gasteiger partial charge >= 0.3 is 0 Å². The van der Waals surface area contributed by atoms with E-state index in [2.05, 4.69) is 15.0 Å². The highest BCUT2D eigenvalue weighted by molar-refractivity contribution is 7.98. The number of nitrogen functional groups attached to an aromatic ring is 1. The number of anilines is 1. The Kier molecular flexibility index (Phi) is 4.18. The molecule has 0 aliphatic carbocycles. The monoisotopic (exact) mass is 295 g/mol. The molecule has 0 spiro atoms. The maximum Gasteiger partial charge on any atom is 0.248 e. The maximum atomic E-state index is 11.0. The molecule has 2 aromatic rings. The summed E-state index contributed by atoms with van der Waals surface area (Å²) in [6.07, 6.45) is 1.53. The Labute approximate surface area is 118 Å². The molecule has 1 amide bonds. The van der Waals surface area contributed by atoms with Crippen molar-refractivity contribution >= 4 is 35.1 Å². The topological polar surface area (TPSA) is 108 Å². The third-order valence-electron chi connectivity index (χ3n) is 2.14. The first-order chi connectivity index (χ1) is 9.04. The van der Waals surface area contributed by atoms with E-state index in [9.17, 15) is 4.79 Å². The number of hydrogen-bond donors (Lipinski definition) is 2. The van der Waals surface area contributed by atoms with Gasteiger partial charge < -0.3 is 11.5 Å². The largest absolute Gasteiger partial charge is 0.384 e. The number of nitrogens with two attached hydrogens (primary N) is 2. The number of hydrogen-bond acceptors (Lipinski definition) is 6. The molecule has 0 aliphatic heterocycles. The van der Waals surface area contributed by atoms with E-state index in [-0.39, 0.29) is 5.15 Å². The highest BCUT2D eigenvalue weighted by Gasteiger charge is 2.06. The summed E-state index contributed by atoms with van der Waals surface area (Å²) in [4.78, 5) is 23.2. The number of rotatable bonds is 4. The number of nitrogens with zero attached hydrogens (tertiary/aromatic N) is 3. The van der Waals surface area contributed by atoms with Crippen LogP contribution in [0.25, 0.3) is 0 Å². The molecular weight excluding hydrogens is 286 g/mol. The third kappa shape index (κ3) is 3.80. The van der Waals surface area contributed by atoms with Gasteiger partial charge in [0.25, 0.3) is 0 Å². The van der Waals surface area contributed by atoms with E-state index >= 15 is 0 Å². The Morgan fingerprint density at radius 1 is 1.37 bits per heavy atom. The minimum Gasteiger partial charge on any atom is -0.384 e. The van der Waals surface area contributed by atoms with Crippen LogP contribution in [0.15, 0.2) is 29.6 Å². The summed E-state index contributed by atoms with van der Waals surface area (Å²) in [6.45, 7) is 0.